The van der Waals surface area contributed by atoms with Crippen LogP contribution in [0, 0.1) is 17.1 Å². The molecule has 5 rings (SSSR count). The van der Waals surface area contributed by atoms with Gasteiger partial charge in [0.25, 0.3) is 5.56 Å². The van der Waals surface area contributed by atoms with E-state index in [1.807, 2.05) is 32.6 Å². The van der Waals surface area contributed by atoms with Crippen molar-refractivity contribution in [3.63, 3.8) is 0 Å². The maximum Gasteiger partial charge on any atom is 0.276 e. The summed E-state index contributed by atoms with van der Waals surface area (Å²) in [4.78, 5) is 44.7. The van der Waals surface area contributed by atoms with E-state index in [1.165, 1.54) is 23.0 Å². The Morgan fingerprint density at radius 2 is 1.73 bits per heavy atom. The van der Waals surface area contributed by atoms with Gasteiger partial charge in [0.05, 0.1) is 33.5 Å². The second kappa shape index (κ2) is 13.1. The first-order valence-corrected chi connectivity index (χ1v) is 15.2. The largest absolute Gasteiger partial charge is 0.366 e. The molecule has 12 heteroatoms. The first kappa shape index (κ1) is 31.8. The van der Waals surface area contributed by atoms with Gasteiger partial charge in [-0.1, -0.05) is 57.5 Å². The highest BCUT2D eigenvalue weighted by Gasteiger charge is 2.30. The minimum absolute atomic E-state index is 0.102. The Morgan fingerprint density at radius 1 is 1.09 bits per heavy atom. The van der Waals surface area contributed by atoms with Crippen molar-refractivity contribution >= 4 is 34.2 Å². The number of halogens is 2. The molecule has 1 saturated heterocycles. The minimum Gasteiger partial charge on any atom is -0.366 e. The molecular formula is C33H34ClFN8O2. The Balaban J connectivity index is 1.84. The van der Waals surface area contributed by atoms with Crippen LogP contribution in [0.2, 0.25) is 5.02 Å². The van der Waals surface area contributed by atoms with Crippen molar-refractivity contribution in [2.75, 3.05) is 37.6 Å². The fourth-order valence-electron chi connectivity index (χ4n) is 5.65. The van der Waals surface area contributed by atoms with E-state index in [-0.39, 0.29) is 51.8 Å². The van der Waals surface area contributed by atoms with E-state index in [2.05, 4.69) is 16.0 Å². The third-order valence-corrected chi connectivity index (χ3v) is 8.11. The fraction of sp³-hybridized carbons (Fsp3) is 0.333. The van der Waals surface area contributed by atoms with Crippen LogP contribution in [0.3, 0.4) is 0 Å². The minimum atomic E-state index is -0.600. The number of nitriles is 1. The summed E-state index contributed by atoms with van der Waals surface area (Å²) in [7, 11) is 0. The lowest BCUT2D eigenvalue weighted by Gasteiger charge is -2.36. The zero-order chi connectivity index (χ0) is 32.4. The van der Waals surface area contributed by atoms with Crippen molar-refractivity contribution in [2.24, 2.45) is 5.73 Å². The molecule has 2 N–H and O–H groups in total. The SMILES string of the molecule is CC(C)c1ncnc(C(C)C)c1-n1c(=O)c(C#N)c(N2CCN(C(=O)/C=C/CN)CC2)c2cc(Cl)c(-c3ccccc3F)nc21. The molecule has 0 spiro atoms. The number of benzene rings is 1. The summed E-state index contributed by atoms with van der Waals surface area (Å²) in [5.74, 6) is -0.895. The van der Waals surface area contributed by atoms with Gasteiger partial charge in [0.1, 0.15) is 29.4 Å². The quantitative estimate of drug-likeness (QED) is 0.285. The number of carbonyl (C=O) groups excluding carboxylic acids is 1. The van der Waals surface area contributed by atoms with Crippen LogP contribution in [-0.2, 0) is 4.79 Å². The van der Waals surface area contributed by atoms with Gasteiger partial charge in [-0.25, -0.2) is 19.3 Å². The first-order chi connectivity index (χ1) is 21.6. The Kier molecular flexibility index (Phi) is 9.27. The zero-order valence-corrected chi connectivity index (χ0v) is 26.3. The van der Waals surface area contributed by atoms with Crippen molar-refractivity contribution in [2.45, 2.75) is 39.5 Å². The molecule has 1 aromatic carbocycles. The molecule has 0 bridgehead atoms. The second-order valence-corrected chi connectivity index (χ2v) is 11.8. The van der Waals surface area contributed by atoms with E-state index in [4.69, 9.17) is 22.3 Å². The summed E-state index contributed by atoms with van der Waals surface area (Å²) in [5, 5.41) is 11.1. The zero-order valence-electron chi connectivity index (χ0n) is 25.6. The molecule has 1 aliphatic rings. The molecule has 1 amide bonds. The average molecular weight is 629 g/mol. The number of pyridine rings is 2. The van der Waals surface area contributed by atoms with Crippen LogP contribution in [0.15, 0.2) is 53.6 Å². The van der Waals surface area contributed by atoms with Crippen molar-refractivity contribution < 1.29 is 9.18 Å². The number of amides is 1. The van der Waals surface area contributed by atoms with Crippen LogP contribution in [0.5, 0.6) is 0 Å². The van der Waals surface area contributed by atoms with Crippen molar-refractivity contribution in [3.8, 4) is 23.0 Å². The van der Waals surface area contributed by atoms with Crippen LogP contribution in [0.25, 0.3) is 28.0 Å². The van der Waals surface area contributed by atoms with Crippen LogP contribution in [0.1, 0.15) is 56.5 Å². The van der Waals surface area contributed by atoms with Crippen LogP contribution in [-0.4, -0.2) is 63.0 Å². The van der Waals surface area contributed by atoms with Crippen LogP contribution < -0.4 is 16.2 Å². The number of anilines is 1. The number of hydrogen-bond acceptors (Lipinski definition) is 8. The molecule has 4 aromatic rings. The Labute approximate surface area is 265 Å². The normalized spacial score (nSPS) is 13.8. The molecule has 0 unspecified atom stereocenters. The molecular weight excluding hydrogens is 595 g/mol. The van der Waals surface area contributed by atoms with Gasteiger partial charge in [-0.3, -0.25) is 14.2 Å². The van der Waals surface area contributed by atoms with Crippen molar-refractivity contribution in [3.05, 3.63) is 87.0 Å². The maximum absolute atomic E-state index is 15.1. The van der Waals surface area contributed by atoms with Gasteiger partial charge in [-0.05, 0) is 30.0 Å². The lowest BCUT2D eigenvalue weighted by molar-refractivity contribution is -0.126. The third-order valence-electron chi connectivity index (χ3n) is 7.82. The van der Waals surface area contributed by atoms with Gasteiger partial charge < -0.3 is 15.5 Å². The molecule has 0 aliphatic carbocycles. The summed E-state index contributed by atoms with van der Waals surface area (Å²) in [5.41, 5.74) is 7.34. The summed E-state index contributed by atoms with van der Waals surface area (Å²) >= 11 is 6.82. The Morgan fingerprint density at radius 3 is 2.31 bits per heavy atom. The van der Waals surface area contributed by atoms with Gasteiger partial charge in [0, 0.05) is 49.7 Å². The topological polar surface area (TPSA) is 134 Å². The van der Waals surface area contributed by atoms with Crippen molar-refractivity contribution in [1.82, 2.24) is 24.4 Å². The van der Waals surface area contributed by atoms with Crippen LogP contribution >= 0.6 is 11.6 Å². The van der Waals surface area contributed by atoms with Gasteiger partial charge in [-0.2, -0.15) is 5.26 Å². The standard InChI is InChI=1S/C33H34ClFN8O2/c1-19(2)27-31(28(20(3)4)39-18-38-27)43-32-22(16-24(34)29(40-32)21-8-5-6-9-25(21)35)30(23(17-37)33(43)45)42-14-12-41(13-15-42)26(44)10-7-11-36/h5-10,16,18-20H,11-15,36H2,1-4H3/b10-7+. The van der Waals surface area contributed by atoms with E-state index >= 15 is 4.39 Å². The van der Waals surface area contributed by atoms with Crippen molar-refractivity contribution in [1.29, 1.82) is 5.26 Å². The number of nitrogens with zero attached hydrogens (tertiary/aromatic N) is 7. The number of nitrogens with two attached hydrogens (primary N) is 1. The molecule has 10 nitrogen and oxygen atoms in total. The number of fused-ring (bicyclic) bond motifs is 1. The monoisotopic (exact) mass is 628 g/mol. The van der Waals surface area contributed by atoms with Gasteiger partial charge in [0.2, 0.25) is 5.91 Å². The molecule has 0 radical (unpaired) electrons. The summed E-state index contributed by atoms with van der Waals surface area (Å²) in [6.07, 6.45) is 4.52. The molecule has 3 aromatic heterocycles. The number of rotatable bonds is 7. The predicted molar refractivity (Wildman–Crippen MR) is 173 cm³/mol. The average Bonchev–Trinajstić information content (AvgIpc) is 3.03. The molecule has 1 fully saturated rings. The number of piperazine rings is 1. The summed E-state index contributed by atoms with van der Waals surface area (Å²) in [6.45, 7) is 9.52. The fourth-order valence-corrected chi connectivity index (χ4v) is 5.91. The maximum atomic E-state index is 15.1. The lowest BCUT2D eigenvalue weighted by atomic mass is 10.00. The van der Waals surface area contributed by atoms with E-state index in [1.54, 1.807) is 35.2 Å². The Hall–Kier alpha value is -4.66. The van der Waals surface area contributed by atoms with E-state index in [0.29, 0.717) is 54.3 Å². The second-order valence-electron chi connectivity index (χ2n) is 11.4. The van der Waals surface area contributed by atoms with Gasteiger partial charge in [0.15, 0.2) is 0 Å². The van der Waals surface area contributed by atoms with E-state index < -0.39 is 11.4 Å². The van der Waals surface area contributed by atoms with E-state index in [0.717, 1.165) is 0 Å². The van der Waals surface area contributed by atoms with Crippen LogP contribution in [0.4, 0.5) is 10.1 Å². The molecule has 1 aliphatic heterocycles. The molecule has 0 saturated carbocycles. The molecule has 232 valence electrons. The Bertz CT molecular complexity index is 1880. The molecule has 0 atom stereocenters. The lowest BCUT2D eigenvalue weighted by Crippen LogP contribution is -2.49. The first-order valence-electron chi connectivity index (χ1n) is 14.8. The predicted octanol–water partition coefficient (Wildman–Crippen LogP) is 4.92. The van der Waals surface area contributed by atoms with E-state index in [9.17, 15) is 14.9 Å². The van der Waals surface area contributed by atoms with Gasteiger partial charge in [-0.15, -0.1) is 0 Å². The highest BCUT2D eigenvalue weighted by Crippen LogP contribution is 2.38. The highest BCUT2D eigenvalue weighted by molar-refractivity contribution is 6.34. The number of hydrogen-bond donors (Lipinski definition) is 1. The summed E-state index contributed by atoms with van der Waals surface area (Å²) in [6, 6.07) is 9.92. The number of carbonyl (C=O) groups is 1. The highest BCUT2D eigenvalue weighted by atomic mass is 35.5. The number of aromatic nitrogens is 4. The molecule has 45 heavy (non-hydrogen) atoms. The van der Waals surface area contributed by atoms with Gasteiger partial charge >= 0.3 is 0 Å². The third kappa shape index (κ3) is 5.91. The summed E-state index contributed by atoms with van der Waals surface area (Å²) < 4.78 is 16.5. The smallest absolute Gasteiger partial charge is 0.276 e. The molecule has 4 heterocycles.